The molecule has 0 aliphatic heterocycles. The van der Waals surface area contributed by atoms with Crippen LogP contribution in [0, 0.1) is 0 Å². The number of nitrogens with two attached hydrogens (primary N) is 1. The van der Waals surface area contributed by atoms with E-state index in [4.69, 9.17) is 5.73 Å². The molecular weight excluding hydrogens is 270 g/mol. The van der Waals surface area contributed by atoms with Crippen LogP contribution >= 0.6 is 11.3 Å². The molecular formula is C15H13N3OS. The van der Waals surface area contributed by atoms with Crippen LogP contribution in [-0.4, -0.2) is 10.9 Å². The highest BCUT2D eigenvalue weighted by Crippen LogP contribution is 2.22. The molecule has 0 atom stereocenters. The molecule has 5 heteroatoms. The number of carbonyl (C=O) groups excluding carboxylic acids is 1. The lowest BCUT2D eigenvalue weighted by Crippen LogP contribution is -2.09. The number of thiophene rings is 1. The van der Waals surface area contributed by atoms with Gasteiger partial charge in [0.2, 0.25) is 5.91 Å². The first-order valence-electron chi connectivity index (χ1n) is 6.19. The number of nitrogens with one attached hydrogen (secondary N) is 1. The number of primary amides is 1. The van der Waals surface area contributed by atoms with Gasteiger partial charge in [0, 0.05) is 28.4 Å². The minimum absolute atomic E-state index is 0.390. The van der Waals surface area contributed by atoms with Crippen molar-refractivity contribution in [3.05, 3.63) is 58.4 Å². The van der Waals surface area contributed by atoms with Gasteiger partial charge in [0.1, 0.15) is 0 Å². The average molecular weight is 283 g/mol. The molecule has 3 rings (SSSR count). The molecule has 0 saturated carbocycles. The predicted molar refractivity (Wildman–Crippen MR) is 81.9 cm³/mol. The van der Waals surface area contributed by atoms with E-state index in [2.05, 4.69) is 10.3 Å². The standard InChI is InChI=1S/C15H13N3OS/c16-15(19)11-7-12(20-9-11)8-18-13-5-1-3-10-4-2-6-17-14(10)13/h1-7,9,18H,8H2,(H2,16,19). The summed E-state index contributed by atoms with van der Waals surface area (Å²) in [5.41, 5.74) is 7.73. The zero-order chi connectivity index (χ0) is 13.9. The fourth-order valence-electron chi connectivity index (χ4n) is 2.03. The van der Waals surface area contributed by atoms with E-state index in [1.165, 1.54) is 11.3 Å². The van der Waals surface area contributed by atoms with Crippen molar-refractivity contribution < 1.29 is 4.79 Å². The van der Waals surface area contributed by atoms with Gasteiger partial charge in [-0.05, 0) is 18.2 Å². The van der Waals surface area contributed by atoms with Gasteiger partial charge in [0.05, 0.1) is 16.8 Å². The number of nitrogens with zero attached hydrogens (tertiary/aromatic N) is 1. The van der Waals surface area contributed by atoms with Crippen LogP contribution in [0.1, 0.15) is 15.2 Å². The van der Waals surface area contributed by atoms with Crippen LogP contribution < -0.4 is 11.1 Å². The van der Waals surface area contributed by atoms with E-state index < -0.39 is 0 Å². The van der Waals surface area contributed by atoms with Crippen LogP contribution in [-0.2, 0) is 6.54 Å². The molecule has 0 spiro atoms. The second-order valence-electron chi connectivity index (χ2n) is 4.40. The lowest BCUT2D eigenvalue weighted by atomic mass is 10.2. The van der Waals surface area contributed by atoms with Crippen molar-refractivity contribution in [1.82, 2.24) is 4.98 Å². The first-order chi connectivity index (χ1) is 9.74. The number of amides is 1. The van der Waals surface area contributed by atoms with Crippen LogP contribution in [0.25, 0.3) is 10.9 Å². The van der Waals surface area contributed by atoms with E-state index >= 15 is 0 Å². The van der Waals surface area contributed by atoms with Gasteiger partial charge in [-0.3, -0.25) is 9.78 Å². The molecule has 0 bridgehead atoms. The minimum Gasteiger partial charge on any atom is -0.378 e. The predicted octanol–water partition coefficient (Wildman–Crippen LogP) is 3.01. The third kappa shape index (κ3) is 2.48. The third-order valence-corrected chi connectivity index (χ3v) is 3.96. The van der Waals surface area contributed by atoms with Crippen LogP contribution in [0.3, 0.4) is 0 Å². The van der Waals surface area contributed by atoms with Gasteiger partial charge in [-0.15, -0.1) is 11.3 Å². The lowest BCUT2D eigenvalue weighted by molar-refractivity contribution is 0.100. The highest BCUT2D eigenvalue weighted by molar-refractivity contribution is 7.10. The first-order valence-corrected chi connectivity index (χ1v) is 7.07. The number of hydrogen-bond donors (Lipinski definition) is 2. The number of pyridine rings is 1. The number of hydrogen-bond acceptors (Lipinski definition) is 4. The van der Waals surface area contributed by atoms with Crippen molar-refractivity contribution in [2.75, 3.05) is 5.32 Å². The summed E-state index contributed by atoms with van der Waals surface area (Å²) in [5, 5.41) is 6.23. The topological polar surface area (TPSA) is 68.0 Å². The highest BCUT2D eigenvalue weighted by atomic mass is 32.1. The number of fused-ring (bicyclic) bond motifs is 1. The summed E-state index contributed by atoms with van der Waals surface area (Å²) in [6.07, 6.45) is 1.78. The number of benzene rings is 1. The molecule has 20 heavy (non-hydrogen) atoms. The summed E-state index contributed by atoms with van der Waals surface area (Å²) < 4.78 is 0. The van der Waals surface area contributed by atoms with Crippen molar-refractivity contribution in [1.29, 1.82) is 0 Å². The van der Waals surface area contributed by atoms with Gasteiger partial charge in [0.25, 0.3) is 0 Å². The molecule has 0 aliphatic carbocycles. The van der Waals surface area contributed by atoms with Crippen LogP contribution in [0.4, 0.5) is 5.69 Å². The third-order valence-electron chi connectivity index (χ3n) is 3.02. The zero-order valence-corrected chi connectivity index (χ0v) is 11.5. The molecule has 3 N–H and O–H groups in total. The summed E-state index contributed by atoms with van der Waals surface area (Å²) in [7, 11) is 0. The van der Waals surface area contributed by atoms with Gasteiger partial charge >= 0.3 is 0 Å². The fourth-order valence-corrected chi connectivity index (χ4v) is 2.84. The number of para-hydroxylation sites is 1. The Balaban J connectivity index is 1.81. The number of rotatable bonds is 4. The maximum absolute atomic E-state index is 11.1. The Hall–Kier alpha value is -2.40. The van der Waals surface area contributed by atoms with Crippen LogP contribution in [0.15, 0.2) is 48.0 Å². The van der Waals surface area contributed by atoms with E-state index in [0.29, 0.717) is 12.1 Å². The summed E-state index contributed by atoms with van der Waals surface area (Å²) >= 11 is 1.52. The minimum atomic E-state index is -0.390. The van der Waals surface area contributed by atoms with E-state index in [1.807, 2.05) is 36.4 Å². The SMILES string of the molecule is NC(=O)c1csc(CNc2cccc3cccnc23)c1. The fraction of sp³-hybridized carbons (Fsp3) is 0.0667. The summed E-state index contributed by atoms with van der Waals surface area (Å²) in [6.45, 7) is 0.646. The van der Waals surface area contributed by atoms with Crippen molar-refractivity contribution in [3.63, 3.8) is 0 Å². The largest absolute Gasteiger partial charge is 0.378 e. The Morgan fingerprint density at radius 1 is 1.30 bits per heavy atom. The maximum atomic E-state index is 11.1. The quantitative estimate of drug-likeness (QED) is 0.773. The highest BCUT2D eigenvalue weighted by Gasteiger charge is 2.06. The van der Waals surface area contributed by atoms with Gasteiger partial charge in [-0.2, -0.15) is 0 Å². The number of carbonyl (C=O) groups is 1. The summed E-state index contributed by atoms with van der Waals surface area (Å²) in [6, 6.07) is 11.8. The summed E-state index contributed by atoms with van der Waals surface area (Å²) in [4.78, 5) is 16.5. The molecule has 1 amide bonds. The Morgan fingerprint density at radius 3 is 2.95 bits per heavy atom. The second kappa shape index (κ2) is 5.30. The van der Waals surface area contributed by atoms with E-state index in [-0.39, 0.29) is 5.91 Å². The van der Waals surface area contributed by atoms with Crippen molar-refractivity contribution >= 4 is 33.8 Å². The van der Waals surface area contributed by atoms with Gasteiger partial charge in [-0.25, -0.2) is 0 Å². The average Bonchev–Trinajstić information content (AvgIpc) is 2.94. The van der Waals surface area contributed by atoms with Crippen molar-refractivity contribution in [2.24, 2.45) is 5.73 Å². The molecule has 4 nitrogen and oxygen atoms in total. The number of anilines is 1. The Morgan fingerprint density at radius 2 is 2.15 bits per heavy atom. The molecule has 0 aliphatic rings. The van der Waals surface area contributed by atoms with Gasteiger partial charge in [0.15, 0.2) is 0 Å². The van der Waals surface area contributed by atoms with E-state index in [9.17, 15) is 4.79 Å². The Bertz CT molecular complexity index is 761. The molecule has 0 unspecified atom stereocenters. The molecule has 0 saturated heterocycles. The molecule has 2 heterocycles. The summed E-state index contributed by atoms with van der Waals surface area (Å²) in [5.74, 6) is -0.390. The van der Waals surface area contributed by atoms with Gasteiger partial charge < -0.3 is 11.1 Å². The number of aromatic nitrogens is 1. The second-order valence-corrected chi connectivity index (χ2v) is 5.40. The zero-order valence-electron chi connectivity index (χ0n) is 10.7. The molecule has 0 radical (unpaired) electrons. The smallest absolute Gasteiger partial charge is 0.249 e. The Labute approximate surface area is 120 Å². The van der Waals surface area contributed by atoms with Gasteiger partial charge in [-0.1, -0.05) is 18.2 Å². The molecule has 2 aromatic heterocycles. The maximum Gasteiger partial charge on any atom is 0.249 e. The van der Waals surface area contributed by atoms with Crippen LogP contribution in [0.5, 0.6) is 0 Å². The van der Waals surface area contributed by atoms with E-state index in [0.717, 1.165) is 21.5 Å². The lowest BCUT2D eigenvalue weighted by Gasteiger charge is -2.07. The molecule has 3 aromatic rings. The van der Waals surface area contributed by atoms with E-state index in [1.54, 1.807) is 11.6 Å². The molecule has 1 aromatic carbocycles. The van der Waals surface area contributed by atoms with Crippen molar-refractivity contribution in [2.45, 2.75) is 6.54 Å². The monoisotopic (exact) mass is 283 g/mol. The normalized spacial score (nSPS) is 10.6. The van der Waals surface area contributed by atoms with Crippen molar-refractivity contribution in [3.8, 4) is 0 Å². The van der Waals surface area contributed by atoms with Crippen LogP contribution in [0.2, 0.25) is 0 Å². The first kappa shape index (κ1) is 12.6. The Kier molecular flexibility index (Phi) is 3.35. The molecule has 100 valence electrons. The molecule has 0 fully saturated rings.